The van der Waals surface area contributed by atoms with E-state index < -0.39 is 11.7 Å². The van der Waals surface area contributed by atoms with Crippen molar-refractivity contribution in [1.82, 2.24) is 24.9 Å². The van der Waals surface area contributed by atoms with Crippen molar-refractivity contribution in [1.29, 1.82) is 0 Å². The lowest BCUT2D eigenvalue weighted by Gasteiger charge is -2.31. The van der Waals surface area contributed by atoms with E-state index >= 15 is 0 Å². The fourth-order valence-electron chi connectivity index (χ4n) is 4.66. The van der Waals surface area contributed by atoms with E-state index in [0.717, 1.165) is 25.0 Å². The molecule has 9 nitrogen and oxygen atoms in total. The molecular formula is C27H26F3N5O4. The number of likely N-dealkylation sites (tertiary alicyclic amines) is 1. The third-order valence-electron chi connectivity index (χ3n) is 6.74. The summed E-state index contributed by atoms with van der Waals surface area (Å²) in [7, 11) is 4.84. The Morgan fingerprint density at radius 3 is 2.51 bits per heavy atom. The second-order valence-corrected chi connectivity index (χ2v) is 9.22. The van der Waals surface area contributed by atoms with Crippen LogP contribution in [0.15, 0.2) is 52.9 Å². The molecule has 1 fully saturated rings. The normalized spacial score (nSPS) is 15.8. The maximum atomic E-state index is 13.5. The first-order chi connectivity index (χ1) is 18.7. The molecule has 5 rings (SSSR count). The lowest BCUT2D eigenvalue weighted by atomic mass is 9.97. The lowest BCUT2D eigenvalue weighted by molar-refractivity contribution is -0.137. The second kappa shape index (κ2) is 10.4. The van der Waals surface area contributed by atoms with Crippen LogP contribution in [0, 0.1) is 0 Å². The first-order valence-electron chi connectivity index (χ1n) is 12.2. The number of nitrogens with zero attached hydrogens (tertiary/aromatic N) is 5. The van der Waals surface area contributed by atoms with E-state index in [9.17, 15) is 18.0 Å². The van der Waals surface area contributed by atoms with Crippen molar-refractivity contribution in [2.45, 2.75) is 24.9 Å². The van der Waals surface area contributed by atoms with E-state index in [4.69, 9.17) is 13.9 Å². The highest BCUT2D eigenvalue weighted by Gasteiger charge is 2.32. The number of aryl methyl sites for hydroxylation is 1. The van der Waals surface area contributed by atoms with E-state index in [1.807, 2.05) is 0 Å². The molecule has 1 aliphatic rings. The molecule has 39 heavy (non-hydrogen) atoms. The molecule has 1 unspecified atom stereocenters. The summed E-state index contributed by atoms with van der Waals surface area (Å²) in [5, 5.41) is 12.7. The quantitative estimate of drug-likeness (QED) is 0.331. The summed E-state index contributed by atoms with van der Waals surface area (Å²) in [5.41, 5.74) is 1.32. The van der Waals surface area contributed by atoms with Crippen molar-refractivity contribution >= 4 is 5.91 Å². The molecule has 12 heteroatoms. The third-order valence-corrected chi connectivity index (χ3v) is 6.74. The number of hydrogen-bond donors (Lipinski definition) is 0. The van der Waals surface area contributed by atoms with Gasteiger partial charge in [-0.1, -0.05) is 0 Å². The minimum absolute atomic E-state index is 0.130. The molecule has 1 atom stereocenters. The van der Waals surface area contributed by atoms with E-state index in [1.165, 1.54) is 16.8 Å². The number of carbonyl (C=O) groups is 1. The van der Waals surface area contributed by atoms with Crippen LogP contribution in [0.1, 0.15) is 40.7 Å². The van der Waals surface area contributed by atoms with Gasteiger partial charge >= 0.3 is 6.18 Å². The van der Waals surface area contributed by atoms with Crippen molar-refractivity contribution in [2.75, 3.05) is 27.3 Å². The maximum absolute atomic E-state index is 13.5. The largest absolute Gasteiger partial charge is 0.497 e. The molecule has 1 saturated heterocycles. The summed E-state index contributed by atoms with van der Waals surface area (Å²) >= 11 is 0. The van der Waals surface area contributed by atoms with Gasteiger partial charge in [-0.2, -0.15) is 18.3 Å². The van der Waals surface area contributed by atoms with Gasteiger partial charge < -0.3 is 18.8 Å². The third kappa shape index (κ3) is 5.31. The van der Waals surface area contributed by atoms with Crippen LogP contribution >= 0.6 is 0 Å². The minimum atomic E-state index is -4.43. The number of piperidine rings is 1. The zero-order valence-electron chi connectivity index (χ0n) is 21.5. The van der Waals surface area contributed by atoms with Crippen LogP contribution in [0.5, 0.6) is 11.5 Å². The second-order valence-electron chi connectivity index (χ2n) is 9.22. The van der Waals surface area contributed by atoms with Gasteiger partial charge in [0.1, 0.15) is 17.2 Å². The van der Waals surface area contributed by atoms with Gasteiger partial charge in [-0.25, -0.2) is 0 Å². The van der Waals surface area contributed by atoms with Gasteiger partial charge in [0.15, 0.2) is 0 Å². The van der Waals surface area contributed by atoms with Crippen LogP contribution in [-0.2, 0) is 13.2 Å². The standard InChI is InChI=1S/C27H26F3N5O4/c1-34-22(14-21(33-34)20-13-19(37-2)10-11-23(20)38-3)26(36)35-12-4-5-17(15-35)25-32-31-24(39-25)16-6-8-18(9-7-16)27(28,29)30/h6-11,13-14,17H,4-5,12,15H2,1-3H3. The number of methoxy groups -OCH3 is 2. The monoisotopic (exact) mass is 541 g/mol. The fourth-order valence-corrected chi connectivity index (χ4v) is 4.66. The average molecular weight is 542 g/mol. The minimum Gasteiger partial charge on any atom is -0.497 e. The van der Waals surface area contributed by atoms with Crippen LogP contribution in [0.4, 0.5) is 13.2 Å². The zero-order valence-corrected chi connectivity index (χ0v) is 21.5. The molecule has 0 aliphatic carbocycles. The van der Waals surface area contributed by atoms with Crippen molar-refractivity contribution in [3.8, 4) is 34.2 Å². The molecule has 0 N–H and O–H groups in total. The first kappa shape index (κ1) is 26.3. The van der Waals surface area contributed by atoms with E-state index in [2.05, 4.69) is 15.3 Å². The van der Waals surface area contributed by atoms with Gasteiger partial charge in [-0.05, 0) is 61.4 Å². The van der Waals surface area contributed by atoms with Gasteiger partial charge in [0.2, 0.25) is 11.8 Å². The molecule has 1 amide bonds. The van der Waals surface area contributed by atoms with Gasteiger partial charge in [0, 0.05) is 31.3 Å². The van der Waals surface area contributed by atoms with E-state index in [-0.39, 0.29) is 17.7 Å². The summed E-state index contributed by atoms with van der Waals surface area (Å²) in [6, 6.07) is 11.6. The van der Waals surface area contributed by atoms with Crippen molar-refractivity contribution in [3.63, 3.8) is 0 Å². The van der Waals surface area contributed by atoms with Crippen LogP contribution in [0.3, 0.4) is 0 Å². The Balaban J connectivity index is 1.33. The van der Waals surface area contributed by atoms with Crippen LogP contribution < -0.4 is 9.47 Å². The highest BCUT2D eigenvalue weighted by molar-refractivity contribution is 5.94. The summed E-state index contributed by atoms with van der Waals surface area (Å²) in [6.07, 6.45) is -2.97. The molecule has 4 aromatic rings. The molecule has 0 spiro atoms. The predicted octanol–water partition coefficient (Wildman–Crippen LogP) is 5.19. The van der Waals surface area contributed by atoms with Crippen molar-refractivity contribution < 1.29 is 31.9 Å². The lowest BCUT2D eigenvalue weighted by Crippen LogP contribution is -2.40. The molecule has 1 aliphatic heterocycles. The number of alkyl halides is 3. The molecular weight excluding hydrogens is 515 g/mol. The summed E-state index contributed by atoms with van der Waals surface area (Å²) in [6.45, 7) is 0.911. The van der Waals surface area contributed by atoms with Crippen molar-refractivity contribution in [2.24, 2.45) is 7.05 Å². The van der Waals surface area contributed by atoms with Gasteiger partial charge in [-0.3, -0.25) is 9.48 Å². The fraction of sp³-hybridized carbons (Fsp3) is 0.333. The Kier molecular flexibility index (Phi) is 7.02. The molecule has 3 heterocycles. The van der Waals surface area contributed by atoms with Gasteiger partial charge in [0.25, 0.3) is 5.91 Å². The molecule has 204 valence electrons. The number of benzene rings is 2. The average Bonchev–Trinajstić information content (AvgIpc) is 3.59. The molecule has 0 radical (unpaired) electrons. The van der Waals surface area contributed by atoms with Gasteiger partial charge in [0.05, 0.1) is 31.4 Å². The number of hydrogen-bond acceptors (Lipinski definition) is 7. The van der Waals surface area contributed by atoms with Crippen molar-refractivity contribution in [3.05, 3.63) is 65.7 Å². The number of halogens is 3. The Morgan fingerprint density at radius 1 is 1.05 bits per heavy atom. The highest BCUT2D eigenvalue weighted by atomic mass is 19.4. The van der Waals surface area contributed by atoms with Crippen LogP contribution in [0.25, 0.3) is 22.7 Å². The zero-order chi connectivity index (χ0) is 27.7. The molecule has 2 aromatic carbocycles. The Bertz CT molecular complexity index is 1480. The summed E-state index contributed by atoms with van der Waals surface area (Å²) < 4.78 is 56.8. The topological polar surface area (TPSA) is 95.5 Å². The van der Waals surface area contributed by atoms with E-state index in [1.54, 1.807) is 50.4 Å². The van der Waals surface area contributed by atoms with E-state index in [0.29, 0.717) is 53.0 Å². The van der Waals surface area contributed by atoms with Crippen LogP contribution in [-0.4, -0.2) is 58.1 Å². The number of carbonyl (C=O) groups excluding carboxylic acids is 1. The highest BCUT2D eigenvalue weighted by Crippen LogP contribution is 2.35. The molecule has 2 aromatic heterocycles. The first-order valence-corrected chi connectivity index (χ1v) is 12.2. The Labute approximate surface area is 222 Å². The number of aromatic nitrogens is 4. The van der Waals surface area contributed by atoms with Gasteiger partial charge in [-0.15, -0.1) is 10.2 Å². The number of amides is 1. The maximum Gasteiger partial charge on any atom is 0.416 e. The smallest absolute Gasteiger partial charge is 0.416 e. The number of rotatable bonds is 6. The molecule has 0 bridgehead atoms. The number of ether oxygens (including phenoxy) is 2. The Morgan fingerprint density at radius 2 is 1.82 bits per heavy atom. The summed E-state index contributed by atoms with van der Waals surface area (Å²) in [5.74, 6) is 1.32. The SMILES string of the molecule is COc1ccc(OC)c(-c2cc(C(=O)N3CCCC(c4nnc(-c5ccc(C(F)(F)F)cc5)o4)C3)n(C)n2)c1. The summed E-state index contributed by atoms with van der Waals surface area (Å²) in [4.78, 5) is 15.2. The predicted molar refractivity (Wildman–Crippen MR) is 134 cm³/mol. The molecule has 0 saturated carbocycles. The Hall–Kier alpha value is -4.35. The van der Waals surface area contributed by atoms with Crippen LogP contribution in [0.2, 0.25) is 0 Å².